The van der Waals surface area contributed by atoms with Crippen LogP contribution < -0.4 is 10.6 Å². The molecule has 0 aliphatic heterocycles. The number of carbonyl (C=O) groups is 3. The fourth-order valence-electron chi connectivity index (χ4n) is 1.87. The molecule has 0 aliphatic carbocycles. The molecule has 1 heterocycles. The molecule has 0 radical (unpaired) electrons. The summed E-state index contributed by atoms with van der Waals surface area (Å²) < 4.78 is 29.5. The number of hydrogen-bond donors (Lipinski definition) is 2. The molecule has 138 valence electrons. The van der Waals surface area contributed by atoms with Gasteiger partial charge in [0, 0.05) is 24.9 Å². The standard InChI is InChI=1S/C14H18F2N4O4S/c1-7-9(8(2)19-14(18-7)25-12(15)16)4-5-11(22)24-6-10(21)20-13(23)17-3/h12H,4-6H2,1-3H3,(H2,17,20,21,23). The molecule has 3 amide bonds. The van der Waals surface area contributed by atoms with E-state index in [2.05, 4.69) is 15.3 Å². The van der Waals surface area contributed by atoms with Crippen molar-refractivity contribution >= 4 is 29.7 Å². The third-order valence-electron chi connectivity index (χ3n) is 3.02. The fraction of sp³-hybridized carbons (Fsp3) is 0.500. The lowest BCUT2D eigenvalue weighted by molar-refractivity contribution is -0.148. The van der Waals surface area contributed by atoms with Gasteiger partial charge in [0.15, 0.2) is 11.8 Å². The molecule has 1 rings (SSSR count). The molecule has 0 fully saturated rings. The number of nitrogens with zero attached hydrogens (tertiary/aromatic N) is 2. The minimum absolute atomic E-state index is 0.0257. The van der Waals surface area contributed by atoms with Gasteiger partial charge in [0.2, 0.25) is 0 Å². The van der Waals surface area contributed by atoms with E-state index in [0.29, 0.717) is 17.0 Å². The number of thioether (sulfide) groups is 1. The first-order valence-electron chi connectivity index (χ1n) is 7.19. The first kappa shape index (κ1) is 20.7. The number of ether oxygens (including phenoxy) is 1. The Morgan fingerprint density at radius 1 is 1.20 bits per heavy atom. The molecule has 2 N–H and O–H groups in total. The molecule has 0 aromatic carbocycles. The predicted octanol–water partition coefficient (Wildman–Crippen LogP) is 1.34. The van der Waals surface area contributed by atoms with E-state index in [0.717, 1.165) is 0 Å². The summed E-state index contributed by atoms with van der Waals surface area (Å²) in [5, 5.41) is 4.11. The van der Waals surface area contributed by atoms with Gasteiger partial charge >= 0.3 is 12.0 Å². The summed E-state index contributed by atoms with van der Waals surface area (Å²) in [5.41, 5.74) is 1.66. The van der Waals surface area contributed by atoms with Crippen LogP contribution in [0.15, 0.2) is 5.16 Å². The van der Waals surface area contributed by atoms with Crippen LogP contribution >= 0.6 is 11.8 Å². The summed E-state index contributed by atoms with van der Waals surface area (Å²) in [7, 11) is 1.34. The van der Waals surface area contributed by atoms with Crippen molar-refractivity contribution < 1.29 is 27.9 Å². The summed E-state index contributed by atoms with van der Waals surface area (Å²) in [4.78, 5) is 41.8. The van der Waals surface area contributed by atoms with Gasteiger partial charge in [-0.15, -0.1) is 0 Å². The van der Waals surface area contributed by atoms with Gasteiger partial charge in [0.25, 0.3) is 11.7 Å². The van der Waals surface area contributed by atoms with E-state index in [1.807, 2.05) is 5.32 Å². The van der Waals surface area contributed by atoms with Gasteiger partial charge < -0.3 is 10.1 Å². The van der Waals surface area contributed by atoms with E-state index < -0.39 is 30.3 Å². The van der Waals surface area contributed by atoms with Crippen LogP contribution in [0.25, 0.3) is 0 Å². The fourth-order valence-corrected chi connectivity index (χ4v) is 2.41. The number of esters is 1. The maximum absolute atomic E-state index is 12.4. The molecule has 0 spiro atoms. The summed E-state index contributed by atoms with van der Waals surface area (Å²) in [6, 6.07) is -0.703. The van der Waals surface area contributed by atoms with Crippen LogP contribution in [0.5, 0.6) is 0 Å². The Morgan fingerprint density at radius 3 is 2.32 bits per heavy atom. The highest BCUT2D eigenvalue weighted by Gasteiger charge is 2.15. The Kier molecular flexibility index (Phi) is 8.19. The van der Waals surface area contributed by atoms with Crippen LogP contribution in [0.4, 0.5) is 13.6 Å². The van der Waals surface area contributed by atoms with Crippen molar-refractivity contribution in [3.63, 3.8) is 0 Å². The van der Waals surface area contributed by atoms with E-state index in [1.54, 1.807) is 13.8 Å². The molecular formula is C14H18F2N4O4S. The SMILES string of the molecule is CNC(=O)NC(=O)COC(=O)CCc1c(C)nc(SC(F)F)nc1C. The summed E-state index contributed by atoms with van der Waals surface area (Å²) in [6.45, 7) is 2.70. The number of aromatic nitrogens is 2. The molecule has 0 aliphatic rings. The minimum atomic E-state index is -2.61. The van der Waals surface area contributed by atoms with Gasteiger partial charge in [-0.05, 0) is 37.6 Å². The topological polar surface area (TPSA) is 110 Å². The first-order valence-corrected chi connectivity index (χ1v) is 8.07. The molecule has 1 aromatic heterocycles. The van der Waals surface area contributed by atoms with E-state index in [1.165, 1.54) is 7.05 Å². The zero-order chi connectivity index (χ0) is 19.0. The number of hydrogen-bond acceptors (Lipinski definition) is 7. The van der Waals surface area contributed by atoms with Crippen molar-refractivity contribution in [2.45, 2.75) is 37.6 Å². The Morgan fingerprint density at radius 2 is 1.80 bits per heavy atom. The molecule has 0 unspecified atom stereocenters. The lowest BCUT2D eigenvalue weighted by Crippen LogP contribution is -2.39. The second-order valence-electron chi connectivity index (χ2n) is 4.82. The second kappa shape index (κ2) is 9.87. The quantitative estimate of drug-likeness (QED) is 0.420. The number of urea groups is 1. The molecular weight excluding hydrogens is 358 g/mol. The van der Waals surface area contributed by atoms with Gasteiger partial charge in [-0.2, -0.15) is 8.78 Å². The lowest BCUT2D eigenvalue weighted by Gasteiger charge is -2.10. The van der Waals surface area contributed by atoms with E-state index in [4.69, 9.17) is 4.74 Å². The smallest absolute Gasteiger partial charge is 0.321 e. The minimum Gasteiger partial charge on any atom is -0.456 e. The number of nitrogens with one attached hydrogen (secondary N) is 2. The molecule has 1 aromatic rings. The van der Waals surface area contributed by atoms with Gasteiger partial charge in [-0.25, -0.2) is 14.8 Å². The van der Waals surface area contributed by atoms with Crippen molar-refractivity contribution in [3.05, 3.63) is 17.0 Å². The zero-order valence-electron chi connectivity index (χ0n) is 13.9. The molecule has 0 atom stereocenters. The van der Waals surface area contributed by atoms with Crippen molar-refractivity contribution in [1.29, 1.82) is 0 Å². The first-order chi connectivity index (χ1) is 11.7. The number of rotatable bonds is 7. The maximum Gasteiger partial charge on any atom is 0.321 e. The normalized spacial score (nSPS) is 10.5. The van der Waals surface area contributed by atoms with Gasteiger partial charge in [-0.1, -0.05) is 0 Å². The number of alkyl halides is 2. The predicted molar refractivity (Wildman–Crippen MR) is 85.2 cm³/mol. The second-order valence-corrected chi connectivity index (χ2v) is 5.78. The van der Waals surface area contributed by atoms with E-state index in [9.17, 15) is 23.2 Å². The number of halogens is 2. The van der Waals surface area contributed by atoms with Crippen molar-refractivity contribution in [3.8, 4) is 0 Å². The Hall–Kier alpha value is -2.30. The van der Waals surface area contributed by atoms with Crippen LogP contribution in [-0.4, -0.2) is 47.3 Å². The zero-order valence-corrected chi connectivity index (χ0v) is 14.7. The van der Waals surface area contributed by atoms with E-state index >= 15 is 0 Å². The highest BCUT2D eigenvalue weighted by Crippen LogP contribution is 2.24. The number of amides is 3. The molecule has 25 heavy (non-hydrogen) atoms. The summed E-state index contributed by atoms with van der Waals surface area (Å²) in [5.74, 6) is -4.01. The van der Waals surface area contributed by atoms with Crippen LogP contribution in [0.1, 0.15) is 23.4 Å². The van der Waals surface area contributed by atoms with E-state index in [-0.39, 0.29) is 29.8 Å². The average molecular weight is 376 g/mol. The van der Waals surface area contributed by atoms with Crippen LogP contribution in [0.3, 0.4) is 0 Å². The third kappa shape index (κ3) is 7.42. The Labute approximate surface area is 147 Å². The Balaban J connectivity index is 2.53. The number of imide groups is 1. The molecule has 0 bridgehead atoms. The highest BCUT2D eigenvalue weighted by atomic mass is 32.2. The largest absolute Gasteiger partial charge is 0.456 e. The van der Waals surface area contributed by atoms with Gasteiger partial charge in [0.1, 0.15) is 0 Å². The molecule has 0 saturated carbocycles. The number of carbonyl (C=O) groups excluding carboxylic acids is 3. The maximum atomic E-state index is 12.4. The lowest BCUT2D eigenvalue weighted by atomic mass is 10.1. The molecule has 0 saturated heterocycles. The summed E-state index contributed by atoms with van der Waals surface area (Å²) >= 11 is 0.254. The van der Waals surface area contributed by atoms with Crippen LogP contribution in [0, 0.1) is 13.8 Å². The van der Waals surface area contributed by atoms with Gasteiger partial charge in [0.05, 0.1) is 0 Å². The van der Waals surface area contributed by atoms with Gasteiger partial charge in [-0.3, -0.25) is 14.9 Å². The molecule has 11 heteroatoms. The molecule has 8 nitrogen and oxygen atoms in total. The summed E-state index contributed by atoms with van der Waals surface area (Å²) in [6.07, 6.45) is 0.201. The Bertz CT molecular complexity index is 635. The van der Waals surface area contributed by atoms with Crippen molar-refractivity contribution in [2.75, 3.05) is 13.7 Å². The average Bonchev–Trinajstić information content (AvgIpc) is 2.51. The highest BCUT2D eigenvalue weighted by molar-refractivity contribution is 7.99. The van der Waals surface area contributed by atoms with Crippen LogP contribution in [0.2, 0.25) is 0 Å². The number of aryl methyl sites for hydroxylation is 2. The van der Waals surface area contributed by atoms with Crippen molar-refractivity contribution in [2.24, 2.45) is 0 Å². The van der Waals surface area contributed by atoms with Crippen molar-refractivity contribution in [1.82, 2.24) is 20.6 Å². The third-order valence-corrected chi connectivity index (χ3v) is 3.59. The van der Waals surface area contributed by atoms with Crippen LogP contribution in [-0.2, 0) is 20.7 Å². The monoisotopic (exact) mass is 376 g/mol.